The van der Waals surface area contributed by atoms with Gasteiger partial charge in [0.2, 0.25) is 5.95 Å². The Morgan fingerprint density at radius 2 is 2.10 bits per heavy atom. The fraction of sp³-hybridized carbons (Fsp3) is 0.350. The maximum absolute atomic E-state index is 13.6. The zero-order chi connectivity index (χ0) is 20.6. The van der Waals surface area contributed by atoms with Crippen molar-refractivity contribution in [2.24, 2.45) is 5.73 Å². The number of benzene rings is 1. The van der Waals surface area contributed by atoms with Gasteiger partial charge in [0.15, 0.2) is 0 Å². The zero-order valence-electron chi connectivity index (χ0n) is 15.4. The standard InChI is InChI=1S/C20H19F3N6/c21-20(22,23)16-10-27-19(28-13-5-2-4-12(25)7-13)29-18(16)15-9-26-17-11(8-24)3-1-6-14(15)17/h1,3,6,9-10,12-13,26H,2,4-5,7,25H2,(H,27,28,29)/t12-,13+/m0/s1. The first-order chi connectivity index (χ1) is 13.9. The predicted octanol–water partition coefficient (Wildman–Crippen LogP) is 4.20. The summed E-state index contributed by atoms with van der Waals surface area (Å²) in [5.41, 5.74) is 5.95. The van der Waals surface area contributed by atoms with Gasteiger partial charge in [0, 0.05) is 35.4 Å². The Morgan fingerprint density at radius 1 is 1.28 bits per heavy atom. The van der Waals surface area contributed by atoms with E-state index in [-0.39, 0.29) is 29.3 Å². The number of para-hydroxylation sites is 1. The number of halogens is 3. The molecule has 4 N–H and O–H groups in total. The molecule has 1 aliphatic rings. The normalized spacial score (nSPS) is 19.8. The lowest BCUT2D eigenvalue weighted by molar-refractivity contribution is -0.137. The van der Waals surface area contributed by atoms with Crippen LogP contribution in [0.3, 0.4) is 0 Å². The molecule has 150 valence electrons. The molecule has 2 atom stereocenters. The number of anilines is 1. The van der Waals surface area contributed by atoms with Gasteiger partial charge in [-0.15, -0.1) is 0 Å². The molecular weight excluding hydrogens is 381 g/mol. The van der Waals surface area contributed by atoms with E-state index in [1.807, 2.05) is 6.07 Å². The Hall–Kier alpha value is -3.12. The molecule has 1 aromatic carbocycles. The summed E-state index contributed by atoms with van der Waals surface area (Å²) in [5, 5.41) is 12.9. The summed E-state index contributed by atoms with van der Waals surface area (Å²) in [4.78, 5) is 11.0. The molecule has 0 amide bonds. The molecule has 0 aliphatic heterocycles. The van der Waals surface area contributed by atoms with Crippen molar-refractivity contribution < 1.29 is 13.2 Å². The van der Waals surface area contributed by atoms with Crippen LogP contribution in [0.25, 0.3) is 22.2 Å². The fourth-order valence-electron chi connectivity index (χ4n) is 3.85. The van der Waals surface area contributed by atoms with Crippen LogP contribution >= 0.6 is 0 Å². The molecule has 2 aromatic heterocycles. The number of hydrogen-bond acceptors (Lipinski definition) is 5. The highest BCUT2D eigenvalue weighted by molar-refractivity contribution is 5.98. The third-order valence-corrected chi connectivity index (χ3v) is 5.23. The van der Waals surface area contributed by atoms with Gasteiger partial charge in [-0.2, -0.15) is 18.4 Å². The van der Waals surface area contributed by atoms with Gasteiger partial charge in [-0.25, -0.2) is 9.97 Å². The second-order valence-electron chi connectivity index (χ2n) is 7.26. The SMILES string of the molecule is N#Cc1cccc2c(-c3nc(N[C@@H]4CCC[C@H](N)C4)ncc3C(F)(F)F)c[nH]c12. The zero-order valence-corrected chi connectivity index (χ0v) is 15.4. The summed E-state index contributed by atoms with van der Waals surface area (Å²) < 4.78 is 40.9. The van der Waals surface area contributed by atoms with Crippen molar-refractivity contribution in [1.29, 1.82) is 5.26 Å². The first-order valence-electron chi connectivity index (χ1n) is 9.33. The predicted molar refractivity (Wildman–Crippen MR) is 103 cm³/mol. The summed E-state index contributed by atoms with van der Waals surface area (Å²) in [6.45, 7) is 0. The van der Waals surface area contributed by atoms with Crippen molar-refractivity contribution in [1.82, 2.24) is 15.0 Å². The van der Waals surface area contributed by atoms with Crippen LogP contribution in [-0.4, -0.2) is 27.0 Å². The van der Waals surface area contributed by atoms with E-state index in [0.717, 1.165) is 31.9 Å². The number of aromatic amines is 1. The molecule has 3 aromatic rings. The summed E-state index contributed by atoms with van der Waals surface area (Å²) in [6, 6.07) is 7.03. The van der Waals surface area contributed by atoms with Crippen LogP contribution in [0.15, 0.2) is 30.6 Å². The number of rotatable bonds is 3. The maximum atomic E-state index is 13.6. The van der Waals surface area contributed by atoms with Crippen molar-refractivity contribution in [2.75, 3.05) is 5.32 Å². The fourth-order valence-corrected chi connectivity index (χ4v) is 3.85. The van der Waals surface area contributed by atoms with Crippen LogP contribution in [0.5, 0.6) is 0 Å². The summed E-state index contributed by atoms with van der Waals surface area (Å²) in [6.07, 6.45) is 1.12. The highest BCUT2D eigenvalue weighted by atomic mass is 19.4. The lowest BCUT2D eigenvalue weighted by atomic mass is 9.92. The summed E-state index contributed by atoms with van der Waals surface area (Å²) in [7, 11) is 0. The Kier molecular flexibility index (Phi) is 4.88. The van der Waals surface area contributed by atoms with E-state index in [4.69, 9.17) is 5.73 Å². The second kappa shape index (κ2) is 7.37. The molecule has 9 heteroatoms. The van der Waals surface area contributed by atoms with Crippen LogP contribution in [0, 0.1) is 11.3 Å². The molecule has 0 saturated heterocycles. The van der Waals surface area contributed by atoms with Crippen molar-refractivity contribution in [3.05, 3.63) is 41.7 Å². The van der Waals surface area contributed by atoms with E-state index >= 15 is 0 Å². The largest absolute Gasteiger partial charge is 0.419 e. The monoisotopic (exact) mass is 400 g/mol. The Balaban J connectivity index is 1.80. The minimum atomic E-state index is -4.61. The molecule has 29 heavy (non-hydrogen) atoms. The van der Waals surface area contributed by atoms with E-state index < -0.39 is 11.7 Å². The number of nitrogens with two attached hydrogens (primary N) is 1. The van der Waals surface area contributed by atoms with Gasteiger partial charge < -0.3 is 16.0 Å². The molecule has 1 fully saturated rings. The third-order valence-electron chi connectivity index (χ3n) is 5.23. The quantitative estimate of drug-likeness (QED) is 0.611. The number of nitriles is 1. The molecule has 4 rings (SSSR count). The lowest BCUT2D eigenvalue weighted by Crippen LogP contribution is -2.35. The smallest absolute Gasteiger partial charge is 0.359 e. The van der Waals surface area contributed by atoms with Gasteiger partial charge in [0.25, 0.3) is 0 Å². The highest BCUT2D eigenvalue weighted by Crippen LogP contribution is 2.39. The van der Waals surface area contributed by atoms with Crippen LogP contribution in [0.2, 0.25) is 0 Å². The molecule has 1 saturated carbocycles. The summed E-state index contributed by atoms with van der Waals surface area (Å²) >= 11 is 0. The molecule has 0 spiro atoms. The first kappa shape index (κ1) is 19.2. The molecule has 6 nitrogen and oxygen atoms in total. The summed E-state index contributed by atoms with van der Waals surface area (Å²) in [5.74, 6) is 0.137. The van der Waals surface area contributed by atoms with Gasteiger partial charge in [0.1, 0.15) is 11.6 Å². The Labute approximate surface area is 165 Å². The minimum Gasteiger partial charge on any atom is -0.359 e. The van der Waals surface area contributed by atoms with Crippen LogP contribution in [-0.2, 0) is 6.18 Å². The average molecular weight is 400 g/mol. The number of fused-ring (bicyclic) bond motifs is 1. The molecular formula is C20H19F3N6. The molecule has 0 bridgehead atoms. The van der Waals surface area contributed by atoms with Crippen LogP contribution in [0.4, 0.5) is 19.1 Å². The van der Waals surface area contributed by atoms with Gasteiger partial charge in [-0.3, -0.25) is 0 Å². The number of nitrogens with one attached hydrogen (secondary N) is 2. The number of H-pyrrole nitrogens is 1. The van der Waals surface area contributed by atoms with Crippen molar-refractivity contribution in [3.8, 4) is 17.3 Å². The van der Waals surface area contributed by atoms with E-state index in [2.05, 4.69) is 20.3 Å². The van der Waals surface area contributed by atoms with E-state index in [1.165, 1.54) is 6.20 Å². The van der Waals surface area contributed by atoms with Gasteiger partial charge in [0.05, 0.1) is 16.8 Å². The Bertz CT molecular complexity index is 1080. The van der Waals surface area contributed by atoms with Gasteiger partial charge >= 0.3 is 6.18 Å². The molecule has 2 heterocycles. The van der Waals surface area contributed by atoms with Crippen molar-refractivity contribution >= 4 is 16.9 Å². The average Bonchev–Trinajstić information content (AvgIpc) is 3.11. The number of hydrogen-bond donors (Lipinski definition) is 3. The molecule has 1 aliphatic carbocycles. The first-order valence-corrected chi connectivity index (χ1v) is 9.33. The highest BCUT2D eigenvalue weighted by Gasteiger charge is 2.36. The van der Waals surface area contributed by atoms with E-state index in [9.17, 15) is 18.4 Å². The topological polar surface area (TPSA) is 103 Å². The van der Waals surface area contributed by atoms with E-state index in [0.29, 0.717) is 16.5 Å². The number of alkyl halides is 3. The lowest BCUT2D eigenvalue weighted by Gasteiger charge is -2.27. The van der Waals surface area contributed by atoms with Crippen LogP contribution in [0.1, 0.15) is 36.8 Å². The minimum absolute atomic E-state index is 0.0245. The van der Waals surface area contributed by atoms with Crippen molar-refractivity contribution in [3.63, 3.8) is 0 Å². The Morgan fingerprint density at radius 3 is 2.83 bits per heavy atom. The second-order valence-corrected chi connectivity index (χ2v) is 7.26. The number of nitrogens with zero attached hydrogens (tertiary/aromatic N) is 3. The number of aromatic nitrogens is 3. The van der Waals surface area contributed by atoms with Gasteiger partial charge in [-0.1, -0.05) is 12.1 Å². The van der Waals surface area contributed by atoms with Crippen molar-refractivity contribution in [2.45, 2.75) is 43.9 Å². The molecule has 0 unspecified atom stereocenters. The van der Waals surface area contributed by atoms with E-state index in [1.54, 1.807) is 18.2 Å². The van der Waals surface area contributed by atoms with Gasteiger partial charge in [-0.05, 0) is 31.7 Å². The van der Waals surface area contributed by atoms with Crippen LogP contribution < -0.4 is 11.1 Å². The maximum Gasteiger partial charge on any atom is 0.419 e. The molecule has 0 radical (unpaired) electrons. The third kappa shape index (κ3) is 3.76.